The number of fused-ring (bicyclic) bond motifs is 1. The van der Waals surface area contributed by atoms with Gasteiger partial charge in [-0.25, -0.2) is 9.59 Å². The number of hydrogen-bond acceptors (Lipinski definition) is 6. The molecule has 14 heteroatoms. The van der Waals surface area contributed by atoms with Gasteiger partial charge in [0.1, 0.15) is 0 Å². The van der Waals surface area contributed by atoms with Crippen molar-refractivity contribution >= 4 is 40.3 Å². The average Bonchev–Trinajstić information content (AvgIpc) is 3.43. The smallest absolute Gasteiger partial charge is 0.418 e. The molecule has 260 valence electrons. The zero-order valence-corrected chi connectivity index (χ0v) is 27.8. The molecule has 48 heavy (non-hydrogen) atoms. The lowest BCUT2D eigenvalue weighted by molar-refractivity contribution is -0.142. The van der Waals surface area contributed by atoms with Crippen LogP contribution in [-0.2, 0) is 22.1 Å². The number of aromatic amines is 1. The molecule has 10 nitrogen and oxygen atoms in total. The molecule has 1 atom stereocenters. The Kier molecular flexibility index (Phi) is 10.3. The number of hydrogen-bond donors (Lipinski definition) is 2. The van der Waals surface area contributed by atoms with Crippen LogP contribution in [0.25, 0.3) is 11.0 Å². The highest BCUT2D eigenvalue weighted by atomic mass is 35.5. The molecule has 2 amide bonds. The molecule has 2 N–H and O–H groups in total. The standard InChI is InChI=1S/C34H42ClF3N6O4/c1-39-30-25(34(36,37)38)19-22(20-26(30)35)21-29(31(45)42-15-9-23(10-16-42)41-13-5-2-6-14-41)48-33(47)43-17-11-24(12-18-43)44-28-8-4-3-7-27(28)40-32(44)46/h3-4,7-8,19-20,23-24,29,39H,2,5-6,9-18,21H2,1H3,(H,40,46)/t29-/m1/s1. The van der Waals surface area contributed by atoms with E-state index in [0.29, 0.717) is 45.1 Å². The summed E-state index contributed by atoms with van der Waals surface area (Å²) in [4.78, 5) is 48.8. The van der Waals surface area contributed by atoms with E-state index in [1.54, 1.807) is 9.47 Å². The summed E-state index contributed by atoms with van der Waals surface area (Å²) in [5, 5.41) is 2.37. The summed E-state index contributed by atoms with van der Waals surface area (Å²) < 4.78 is 49.5. The largest absolute Gasteiger partial charge is 0.436 e. The molecular formula is C34H42ClF3N6O4. The number of nitrogens with one attached hydrogen (secondary N) is 2. The Morgan fingerprint density at radius 3 is 2.27 bits per heavy atom. The Morgan fingerprint density at radius 1 is 0.958 bits per heavy atom. The third kappa shape index (κ3) is 7.31. The van der Waals surface area contributed by atoms with Crippen LogP contribution in [0.4, 0.5) is 23.7 Å². The minimum atomic E-state index is -4.69. The van der Waals surface area contributed by atoms with Crippen molar-refractivity contribution in [3.8, 4) is 0 Å². The Balaban J connectivity index is 1.17. The van der Waals surface area contributed by atoms with Crippen molar-refractivity contribution in [2.45, 2.75) is 75.7 Å². The first kappa shape index (κ1) is 34.2. The molecule has 0 unspecified atom stereocenters. The Morgan fingerprint density at radius 2 is 1.60 bits per heavy atom. The molecule has 0 saturated carbocycles. The predicted molar refractivity (Wildman–Crippen MR) is 177 cm³/mol. The third-order valence-electron chi connectivity index (χ3n) is 10.0. The van der Waals surface area contributed by atoms with Crippen molar-refractivity contribution in [2.24, 2.45) is 0 Å². The topological polar surface area (TPSA) is 103 Å². The van der Waals surface area contributed by atoms with Crippen LogP contribution in [0.3, 0.4) is 0 Å². The average molecular weight is 691 g/mol. The van der Waals surface area contributed by atoms with E-state index in [-0.39, 0.29) is 34.4 Å². The van der Waals surface area contributed by atoms with Gasteiger partial charge in [-0.1, -0.05) is 30.2 Å². The van der Waals surface area contributed by atoms with Crippen molar-refractivity contribution in [1.82, 2.24) is 24.3 Å². The molecule has 3 saturated heterocycles. The fourth-order valence-corrected chi connectivity index (χ4v) is 7.87. The van der Waals surface area contributed by atoms with Crippen LogP contribution in [0, 0.1) is 0 Å². The maximum atomic E-state index is 14.0. The van der Waals surface area contributed by atoms with Gasteiger partial charge in [0.15, 0.2) is 6.10 Å². The number of anilines is 1. The van der Waals surface area contributed by atoms with E-state index >= 15 is 0 Å². The summed E-state index contributed by atoms with van der Waals surface area (Å²) in [6, 6.07) is 10.0. The van der Waals surface area contributed by atoms with Gasteiger partial charge in [0.2, 0.25) is 0 Å². The van der Waals surface area contributed by atoms with Crippen molar-refractivity contribution in [2.75, 3.05) is 51.6 Å². The summed E-state index contributed by atoms with van der Waals surface area (Å²) in [5.74, 6) is -0.428. The van der Waals surface area contributed by atoms with Gasteiger partial charge in [-0.3, -0.25) is 9.36 Å². The predicted octanol–water partition coefficient (Wildman–Crippen LogP) is 5.91. The van der Waals surface area contributed by atoms with E-state index in [1.807, 2.05) is 24.3 Å². The zero-order chi connectivity index (χ0) is 34.0. The van der Waals surface area contributed by atoms with Gasteiger partial charge < -0.3 is 29.7 Å². The van der Waals surface area contributed by atoms with Gasteiger partial charge in [-0.2, -0.15) is 13.2 Å². The van der Waals surface area contributed by atoms with Gasteiger partial charge in [0.05, 0.1) is 27.3 Å². The maximum Gasteiger partial charge on any atom is 0.418 e. The number of benzene rings is 2. The number of halogens is 4. The van der Waals surface area contributed by atoms with Crippen LogP contribution in [0.15, 0.2) is 41.2 Å². The SMILES string of the molecule is CNc1c(Cl)cc(C[C@@H](OC(=O)N2CCC(n3c(=O)[nH]c4ccccc43)CC2)C(=O)N2CCC(N3CCCCC3)CC2)cc1C(F)(F)F. The van der Waals surface area contributed by atoms with Crippen LogP contribution < -0.4 is 11.0 Å². The van der Waals surface area contributed by atoms with E-state index < -0.39 is 29.8 Å². The maximum absolute atomic E-state index is 14.0. The number of carbonyl (C=O) groups excluding carboxylic acids is 2. The van der Waals surface area contributed by atoms with Crippen LogP contribution >= 0.6 is 11.6 Å². The monoisotopic (exact) mass is 690 g/mol. The third-order valence-corrected chi connectivity index (χ3v) is 10.3. The fraction of sp³-hybridized carbons (Fsp3) is 0.559. The van der Waals surface area contributed by atoms with Gasteiger partial charge in [-0.15, -0.1) is 0 Å². The quantitative estimate of drug-likeness (QED) is 0.320. The second-order valence-corrected chi connectivity index (χ2v) is 13.4. The van der Waals surface area contributed by atoms with Gasteiger partial charge in [0.25, 0.3) is 5.91 Å². The van der Waals surface area contributed by atoms with Gasteiger partial charge in [0, 0.05) is 51.7 Å². The molecule has 1 aromatic heterocycles. The molecule has 3 aliphatic heterocycles. The number of para-hydroxylation sites is 2. The van der Waals surface area contributed by atoms with Crippen LogP contribution in [0.1, 0.15) is 62.1 Å². The Hall–Kier alpha value is -3.71. The van der Waals surface area contributed by atoms with Crippen molar-refractivity contribution in [3.05, 3.63) is 63.0 Å². The Bertz CT molecular complexity index is 1670. The number of H-pyrrole nitrogens is 1. The number of aromatic nitrogens is 2. The number of rotatable bonds is 7. The molecule has 6 rings (SSSR count). The number of nitrogens with zero attached hydrogens (tertiary/aromatic N) is 4. The number of piperidine rings is 3. The van der Waals surface area contributed by atoms with Gasteiger partial charge in [-0.05, 0) is 81.4 Å². The van der Waals surface area contributed by atoms with E-state index in [2.05, 4.69) is 15.2 Å². The van der Waals surface area contributed by atoms with E-state index in [0.717, 1.165) is 43.0 Å². The summed E-state index contributed by atoms with van der Waals surface area (Å²) in [7, 11) is 1.36. The summed E-state index contributed by atoms with van der Waals surface area (Å²) in [5.41, 5.74) is 0.236. The normalized spacial score (nSPS) is 19.4. The molecule has 3 fully saturated rings. The van der Waals surface area contributed by atoms with Crippen LogP contribution in [-0.4, -0.2) is 94.7 Å². The first-order valence-electron chi connectivity index (χ1n) is 16.8. The molecule has 0 spiro atoms. The number of ether oxygens (including phenoxy) is 1. The van der Waals surface area contributed by atoms with Crippen molar-refractivity contribution < 1.29 is 27.5 Å². The highest BCUT2D eigenvalue weighted by molar-refractivity contribution is 6.33. The first-order valence-corrected chi connectivity index (χ1v) is 17.2. The fourth-order valence-electron chi connectivity index (χ4n) is 7.53. The molecule has 3 aliphatic rings. The lowest BCUT2D eigenvalue weighted by atomic mass is 9.98. The summed E-state index contributed by atoms with van der Waals surface area (Å²) in [6.45, 7) is 3.64. The number of amides is 2. The first-order chi connectivity index (χ1) is 23.0. The summed E-state index contributed by atoms with van der Waals surface area (Å²) >= 11 is 6.27. The van der Waals surface area contributed by atoms with Crippen LogP contribution in [0.2, 0.25) is 5.02 Å². The lowest BCUT2D eigenvalue weighted by Gasteiger charge is -2.41. The van der Waals surface area contributed by atoms with E-state index in [9.17, 15) is 27.6 Å². The van der Waals surface area contributed by atoms with Gasteiger partial charge >= 0.3 is 18.0 Å². The Labute approximate surface area is 282 Å². The van der Waals surface area contributed by atoms with Crippen molar-refractivity contribution in [1.29, 1.82) is 0 Å². The van der Waals surface area contributed by atoms with E-state index in [4.69, 9.17) is 16.3 Å². The molecule has 4 heterocycles. The molecule has 0 aliphatic carbocycles. The molecule has 0 radical (unpaired) electrons. The second-order valence-electron chi connectivity index (χ2n) is 13.0. The minimum absolute atomic E-state index is 0.134. The van der Waals surface area contributed by atoms with E-state index in [1.165, 1.54) is 37.3 Å². The number of likely N-dealkylation sites (tertiary alicyclic amines) is 3. The number of alkyl halides is 3. The van der Waals surface area contributed by atoms with Crippen LogP contribution in [0.5, 0.6) is 0 Å². The number of carbonyl (C=O) groups is 2. The highest BCUT2D eigenvalue weighted by Crippen LogP contribution is 2.40. The molecular weight excluding hydrogens is 649 g/mol. The minimum Gasteiger partial charge on any atom is -0.436 e. The zero-order valence-electron chi connectivity index (χ0n) is 27.0. The molecule has 3 aromatic rings. The molecule has 2 aromatic carbocycles. The highest BCUT2D eigenvalue weighted by Gasteiger charge is 2.38. The summed E-state index contributed by atoms with van der Waals surface area (Å²) in [6.07, 6.45) is -0.871. The molecule has 0 bridgehead atoms. The second kappa shape index (κ2) is 14.4. The lowest BCUT2D eigenvalue weighted by Crippen LogP contribution is -2.52. The van der Waals surface area contributed by atoms with Crippen molar-refractivity contribution in [3.63, 3.8) is 0 Å². The number of imidazole rings is 1.